The highest BCUT2D eigenvalue weighted by Crippen LogP contribution is 2.32. The van der Waals surface area contributed by atoms with E-state index < -0.39 is 6.16 Å². The molecule has 0 radical (unpaired) electrons. The second-order valence-corrected chi connectivity index (χ2v) is 9.94. The monoisotopic (exact) mass is 522 g/mol. The third-order valence-corrected chi connectivity index (χ3v) is 7.32. The van der Waals surface area contributed by atoms with Crippen molar-refractivity contribution < 1.29 is 14.6 Å². The number of aromatic nitrogens is 4. The first-order chi connectivity index (χ1) is 18.8. The van der Waals surface area contributed by atoms with Crippen LogP contribution < -0.4 is 4.74 Å². The highest BCUT2D eigenvalue weighted by Gasteiger charge is 2.18. The average molecular weight is 523 g/mol. The predicted octanol–water partition coefficient (Wildman–Crippen LogP) is 7.57. The summed E-state index contributed by atoms with van der Waals surface area (Å²) in [7, 11) is 0. The molecule has 0 fully saturated rings. The Bertz CT molecular complexity index is 1660. The quantitative estimate of drug-likeness (QED) is 0.168. The van der Waals surface area contributed by atoms with Gasteiger partial charge in [-0.15, -0.1) is 0 Å². The van der Waals surface area contributed by atoms with E-state index in [4.69, 9.17) is 19.8 Å². The number of fused-ring (bicyclic) bond motifs is 1. The van der Waals surface area contributed by atoms with Gasteiger partial charge in [0, 0.05) is 36.3 Å². The summed E-state index contributed by atoms with van der Waals surface area (Å²) < 4.78 is 9.58. The summed E-state index contributed by atoms with van der Waals surface area (Å²) in [6.45, 7) is 12.2. The number of hydrogen-bond acceptors (Lipinski definition) is 4. The summed E-state index contributed by atoms with van der Waals surface area (Å²) in [6, 6.07) is 19.8. The molecule has 0 atom stereocenters. The maximum absolute atomic E-state index is 11.1. The number of aryl methyl sites for hydroxylation is 3. The summed E-state index contributed by atoms with van der Waals surface area (Å²) in [6.07, 6.45) is 0.576. The number of rotatable bonds is 8. The Morgan fingerprint density at radius 2 is 1.67 bits per heavy atom. The lowest BCUT2D eigenvalue weighted by Gasteiger charge is -2.13. The van der Waals surface area contributed by atoms with E-state index in [-0.39, 0.29) is 0 Å². The Kier molecular flexibility index (Phi) is 7.24. The summed E-state index contributed by atoms with van der Waals surface area (Å²) in [5.41, 5.74) is 9.41. The van der Waals surface area contributed by atoms with Crippen LogP contribution in [0.1, 0.15) is 48.6 Å². The van der Waals surface area contributed by atoms with Crippen LogP contribution >= 0.6 is 0 Å². The highest BCUT2D eigenvalue weighted by atomic mass is 16.7. The average Bonchev–Trinajstić information content (AvgIpc) is 3.41. The van der Waals surface area contributed by atoms with Gasteiger partial charge in [0.25, 0.3) is 0 Å². The molecule has 0 aliphatic carbocycles. The lowest BCUT2D eigenvalue weighted by atomic mass is 10.0. The molecule has 2 heterocycles. The number of ether oxygens (including phenoxy) is 1. The van der Waals surface area contributed by atoms with Crippen LogP contribution in [0.3, 0.4) is 0 Å². The van der Waals surface area contributed by atoms with Gasteiger partial charge in [-0.05, 0) is 69.0 Å². The zero-order valence-electron chi connectivity index (χ0n) is 23.2. The minimum atomic E-state index is -1.32. The van der Waals surface area contributed by atoms with Crippen molar-refractivity contribution >= 4 is 17.2 Å². The van der Waals surface area contributed by atoms with Crippen LogP contribution in [0.25, 0.3) is 33.5 Å². The minimum Gasteiger partial charge on any atom is -0.449 e. The number of para-hydroxylation sites is 1. The van der Waals surface area contributed by atoms with Gasteiger partial charge >= 0.3 is 6.16 Å². The smallest absolute Gasteiger partial charge is 0.449 e. The third kappa shape index (κ3) is 5.04. The first-order valence-corrected chi connectivity index (χ1v) is 13.4. The molecule has 200 valence electrons. The summed E-state index contributed by atoms with van der Waals surface area (Å²) in [5, 5.41) is 9.10. The zero-order chi connectivity index (χ0) is 27.7. The minimum absolute atomic E-state index is 0.322. The molecule has 0 unspecified atom stereocenters. The Hall–Kier alpha value is -4.39. The summed E-state index contributed by atoms with van der Waals surface area (Å²) >= 11 is 0. The molecule has 7 nitrogen and oxygen atoms in total. The van der Waals surface area contributed by atoms with E-state index in [1.165, 1.54) is 5.69 Å². The fraction of sp³-hybridized carbons (Fsp3) is 0.281. The number of hydrogen-bond donors (Lipinski definition) is 1. The van der Waals surface area contributed by atoms with Gasteiger partial charge in [-0.1, -0.05) is 49.4 Å². The molecule has 0 spiro atoms. The largest absolute Gasteiger partial charge is 0.511 e. The van der Waals surface area contributed by atoms with Crippen LogP contribution in [-0.4, -0.2) is 30.4 Å². The van der Waals surface area contributed by atoms with Crippen molar-refractivity contribution in [3.63, 3.8) is 0 Å². The number of benzene rings is 3. The Labute approximate surface area is 228 Å². The number of imidazole rings is 2. The van der Waals surface area contributed by atoms with E-state index in [1.807, 2.05) is 24.3 Å². The molecule has 0 saturated carbocycles. The van der Waals surface area contributed by atoms with Crippen LogP contribution in [0.5, 0.6) is 5.75 Å². The molecule has 1 N–H and O–H groups in total. The van der Waals surface area contributed by atoms with E-state index in [9.17, 15) is 4.79 Å². The van der Waals surface area contributed by atoms with Gasteiger partial charge in [0.1, 0.15) is 17.4 Å². The van der Waals surface area contributed by atoms with Crippen LogP contribution in [-0.2, 0) is 19.5 Å². The maximum atomic E-state index is 11.1. The lowest BCUT2D eigenvalue weighted by molar-refractivity contribution is 0.144. The van der Waals surface area contributed by atoms with Gasteiger partial charge in [-0.25, -0.2) is 14.8 Å². The Morgan fingerprint density at radius 3 is 2.36 bits per heavy atom. The normalized spacial score (nSPS) is 11.3. The second-order valence-electron chi connectivity index (χ2n) is 9.94. The fourth-order valence-electron chi connectivity index (χ4n) is 5.28. The van der Waals surface area contributed by atoms with Crippen molar-refractivity contribution in [2.24, 2.45) is 0 Å². The molecule has 2 aromatic heterocycles. The third-order valence-electron chi connectivity index (χ3n) is 7.32. The zero-order valence-corrected chi connectivity index (χ0v) is 23.2. The first kappa shape index (κ1) is 26.2. The molecule has 5 aromatic rings. The van der Waals surface area contributed by atoms with Crippen molar-refractivity contribution in [3.05, 3.63) is 89.0 Å². The van der Waals surface area contributed by atoms with Crippen LogP contribution in [0.15, 0.2) is 60.7 Å². The van der Waals surface area contributed by atoms with Crippen molar-refractivity contribution in [1.29, 1.82) is 0 Å². The molecule has 0 amide bonds. The molecule has 0 saturated heterocycles. The van der Waals surface area contributed by atoms with Gasteiger partial charge in [0.15, 0.2) is 0 Å². The lowest BCUT2D eigenvalue weighted by Crippen LogP contribution is -2.06. The van der Waals surface area contributed by atoms with E-state index in [1.54, 1.807) is 12.1 Å². The van der Waals surface area contributed by atoms with E-state index >= 15 is 0 Å². The van der Waals surface area contributed by atoms with Crippen LogP contribution in [0.2, 0.25) is 0 Å². The molecule has 0 aliphatic rings. The van der Waals surface area contributed by atoms with Gasteiger partial charge in [0.05, 0.1) is 16.7 Å². The number of nitrogens with zero attached hydrogens (tertiary/aromatic N) is 4. The first-order valence-electron chi connectivity index (χ1n) is 13.4. The van der Waals surface area contributed by atoms with Crippen molar-refractivity contribution in [1.82, 2.24) is 19.1 Å². The fourth-order valence-corrected chi connectivity index (χ4v) is 5.28. The maximum Gasteiger partial charge on any atom is 0.511 e. The SMILES string of the molecule is CCCc1nc2c(C)cc(-c3nc(C)c(C)n3CC)cc2n1Cc1ccc(-c2ccccc2OC(=O)O)cc1. The van der Waals surface area contributed by atoms with Crippen molar-refractivity contribution in [2.75, 3.05) is 0 Å². The van der Waals surface area contributed by atoms with E-state index in [0.717, 1.165) is 75.6 Å². The number of carboxylic acid groups (broad SMARTS) is 1. The van der Waals surface area contributed by atoms with E-state index in [2.05, 4.69) is 68.0 Å². The Balaban J connectivity index is 1.55. The van der Waals surface area contributed by atoms with Gasteiger partial charge < -0.3 is 19.0 Å². The van der Waals surface area contributed by atoms with Crippen LogP contribution in [0.4, 0.5) is 4.79 Å². The second kappa shape index (κ2) is 10.8. The summed E-state index contributed by atoms with van der Waals surface area (Å²) in [4.78, 5) is 21.1. The molecule has 0 aliphatic heterocycles. The predicted molar refractivity (Wildman–Crippen MR) is 154 cm³/mol. The molecular weight excluding hydrogens is 488 g/mol. The van der Waals surface area contributed by atoms with Crippen LogP contribution in [0, 0.1) is 20.8 Å². The molecule has 5 rings (SSSR count). The molecule has 39 heavy (non-hydrogen) atoms. The van der Waals surface area contributed by atoms with Gasteiger partial charge in [-0.2, -0.15) is 0 Å². The van der Waals surface area contributed by atoms with Gasteiger partial charge in [-0.3, -0.25) is 0 Å². The molecule has 3 aromatic carbocycles. The molecular formula is C32H34N4O3. The van der Waals surface area contributed by atoms with Crippen molar-refractivity contribution in [2.45, 2.75) is 60.5 Å². The number of carbonyl (C=O) groups is 1. The standard InChI is InChI=1S/C32H34N4O3/c1-6-10-29-34-30-20(3)17-25(31-33-21(4)22(5)35(31)7-2)18-27(30)36(29)19-23-13-15-24(16-14-23)26-11-8-9-12-28(26)39-32(37)38/h8-9,11-18H,6-7,10,19H2,1-5H3,(H,37,38). The van der Waals surface area contributed by atoms with Gasteiger partial charge in [0.2, 0.25) is 0 Å². The van der Waals surface area contributed by atoms with E-state index in [0.29, 0.717) is 12.3 Å². The molecule has 7 heteroatoms. The summed E-state index contributed by atoms with van der Waals surface area (Å²) in [5.74, 6) is 2.39. The molecule has 0 bridgehead atoms. The topological polar surface area (TPSA) is 82.2 Å². The Morgan fingerprint density at radius 1 is 0.923 bits per heavy atom. The highest BCUT2D eigenvalue weighted by molar-refractivity contribution is 5.85. The van der Waals surface area contributed by atoms with Crippen molar-refractivity contribution in [3.8, 4) is 28.3 Å².